The smallest absolute Gasteiger partial charge is 0.0727 e. The van der Waals surface area contributed by atoms with E-state index in [-0.39, 0.29) is 0 Å². The van der Waals surface area contributed by atoms with Gasteiger partial charge in [-0.25, -0.2) is 4.98 Å². The van der Waals surface area contributed by atoms with Gasteiger partial charge >= 0.3 is 0 Å². The molecule has 0 radical (unpaired) electrons. The van der Waals surface area contributed by atoms with Gasteiger partial charge in [-0.1, -0.05) is 40.9 Å². The standard InChI is InChI=1S/C18H16ClN/c1-11-7-12(2)9-14(8-11)17-10-15(19)18-13(3)5-4-6-16(18)20-17/h4-10H,1-3H3. The van der Waals surface area contributed by atoms with Crippen LogP contribution in [0.15, 0.2) is 42.5 Å². The molecule has 0 unspecified atom stereocenters. The van der Waals surface area contributed by atoms with Gasteiger partial charge < -0.3 is 0 Å². The van der Waals surface area contributed by atoms with Gasteiger partial charge in [0.05, 0.1) is 16.2 Å². The maximum absolute atomic E-state index is 6.46. The Hall–Kier alpha value is -1.86. The quantitative estimate of drug-likeness (QED) is 0.575. The predicted octanol–water partition coefficient (Wildman–Crippen LogP) is 5.48. The molecule has 1 aromatic heterocycles. The highest BCUT2D eigenvalue weighted by atomic mass is 35.5. The number of aryl methyl sites for hydroxylation is 3. The molecule has 0 aliphatic rings. The van der Waals surface area contributed by atoms with Gasteiger partial charge in [0.15, 0.2) is 0 Å². The SMILES string of the molecule is Cc1cc(C)cc(-c2cc(Cl)c3c(C)cccc3n2)c1. The van der Waals surface area contributed by atoms with Crippen molar-refractivity contribution in [3.8, 4) is 11.3 Å². The molecule has 100 valence electrons. The topological polar surface area (TPSA) is 12.9 Å². The lowest BCUT2D eigenvalue weighted by Gasteiger charge is -2.09. The third kappa shape index (κ3) is 2.30. The van der Waals surface area contributed by atoms with E-state index in [0.29, 0.717) is 0 Å². The normalized spacial score (nSPS) is 11.0. The van der Waals surface area contributed by atoms with Gasteiger partial charge in [0.25, 0.3) is 0 Å². The Labute approximate surface area is 124 Å². The third-order valence-corrected chi connectivity index (χ3v) is 3.81. The zero-order valence-corrected chi connectivity index (χ0v) is 12.6. The van der Waals surface area contributed by atoms with Crippen LogP contribution in [0.4, 0.5) is 0 Å². The summed E-state index contributed by atoms with van der Waals surface area (Å²) in [5.41, 5.74) is 6.64. The number of nitrogens with zero attached hydrogens (tertiary/aromatic N) is 1. The molecule has 20 heavy (non-hydrogen) atoms. The van der Waals surface area contributed by atoms with Crippen molar-refractivity contribution in [3.05, 3.63) is 64.2 Å². The number of fused-ring (bicyclic) bond motifs is 1. The van der Waals surface area contributed by atoms with E-state index >= 15 is 0 Å². The van der Waals surface area contributed by atoms with Crippen molar-refractivity contribution < 1.29 is 0 Å². The zero-order valence-electron chi connectivity index (χ0n) is 11.9. The zero-order chi connectivity index (χ0) is 14.3. The van der Waals surface area contributed by atoms with Crippen molar-refractivity contribution in [1.82, 2.24) is 4.98 Å². The van der Waals surface area contributed by atoms with Crippen LogP contribution in [-0.4, -0.2) is 4.98 Å². The molecule has 0 aliphatic carbocycles. The van der Waals surface area contributed by atoms with Crippen molar-refractivity contribution in [2.24, 2.45) is 0 Å². The summed E-state index contributed by atoms with van der Waals surface area (Å²) < 4.78 is 0. The van der Waals surface area contributed by atoms with Crippen molar-refractivity contribution >= 4 is 22.5 Å². The Kier molecular flexibility index (Phi) is 3.23. The number of pyridine rings is 1. The molecule has 0 atom stereocenters. The first kappa shape index (κ1) is 13.1. The van der Waals surface area contributed by atoms with Crippen LogP contribution in [0.25, 0.3) is 22.2 Å². The molecule has 2 aromatic carbocycles. The number of aromatic nitrogens is 1. The maximum Gasteiger partial charge on any atom is 0.0727 e. The fourth-order valence-corrected chi connectivity index (χ4v) is 3.03. The van der Waals surface area contributed by atoms with Crippen molar-refractivity contribution in [2.75, 3.05) is 0 Å². The van der Waals surface area contributed by atoms with E-state index < -0.39 is 0 Å². The van der Waals surface area contributed by atoms with Crippen molar-refractivity contribution in [1.29, 1.82) is 0 Å². The molecule has 0 aliphatic heterocycles. The molecule has 0 N–H and O–H groups in total. The van der Waals surface area contributed by atoms with Gasteiger partial charge in [0, 0.05) is 10.9 Å². The Morgan fingerprint density at radius 3 is 2.30 bits per heavy atom. The van der Waals surface area contributed by atoms with Crippen LogP contribution in [0.3, 0.4) is 0 Å². The van der Waals surface area contributed by atoms with Crippen molar-refractivity contribution in [3.63, 3.8) is 0 Å². The molecule has 3 aromatic rings. The highest BCUT2D eigenvalue weighted by molar-refractivity contribution is 6.35. The predicted molar refractivity (Wildman–Crippen MR) is 86.4 cm³/mol. The minimum absolute atomic E-state index is 0.766. The van der Waals surface area contributed by atoms with Crippen LogP contribution in [-0.2, 0) is 0 Å². The van der Waals surface area contributed by atoms with Crippen LogP contribution in [0.1, 0.15) is 16.7 Å². The molecule has 3 rings (SSSR count). The molecule has 1 nitrogen and oxygen atoms in total. The number of halogens is 1. The lowest BCUT2D eigenvalue weighted by atomic mass is 10.0. The fourth-order valence-electron chi connectivity index (χ4n) is 2.68. The molecular formula is C18H16ClN. The number of benzene rings is 2. The van der Waals surface area contributed by atoms with E-state index in [2.05, 4.69) is 45.0 Å². The summed E-state index contributed by atoms with van der Waals surface area (Å²) in [5, 5.41) is 1.81. The summed E-state index contributed by atoms with van der Waals surface area (Å²) in [7, 11) is 0. The summed E-state index contributed by atoms with van der Waals surface area (Å²) in [5.74, 6) is 0. The van der Waals surface area contributed by atoms with E-state index in [9.17, 15) is 0 Å². The summed E-state index contributed by atoms with van der Waals surface area (Å²) in [6.45, 7) is 6.26. The highest BCUT2D eigenvalue weighted by Gasteiger charge is 2.08. The Bertz CT molecular complexity index is 786. The van der Waals surface area contributed by atoms with Crippen LogP contribution in [0.2, 0.25) is 5.02 Å². The molecular weight excluding hydrogens is 266 g/mol. The third-order valence-electron chi connectivity index (χ3n) is 3.51. The molecule has 0 spiro atoms. The van der Waals surface area contributed by atoms with Gasteiger partial charge in [0.2, 0.25) is 0 Å². The van der Waals surface area contributed by atoms with Crippen LogP contribution < -0.4 is 0 Å². The second-order valence-electron chi connectivity index (χ2n) is 5.33. The summed E-state index contributed by atoms with van der Waals surface area (Å²) >= 11 is 6.46. The molecule has 0 saturated carbocycles. The lowest BCUT2D eigenvalue weighted by Crippen LogP contribution is -1.90. The maximum atomic E-state index is 6.46. The first-order valence-electron chi connectivity index (χ1n) is 6.69. The monoisotopic (exact) mass is 281 g/mol. The largest absolute Gasteiger partial charge is 0.248 e. The van der Waals surface area contributed by atoms with E-state index in [4.69, 9.17) is 16.6 Å². The van der Waals surface area contributed by atoms with Crippen LogP contribution >= 0.6 is 11.6 Å². The lowest BCUT2D eigenvalue weighted by molar-refractivity contribution is 1.34. The van der Waals surface area contributed by atoms with E-state index in [0.717, 1.165) is 32.7 Å². The molecule has 0 fully saturated rings. The van der Waals surface area contributed by atoms with Gasteiger partial charge in [-0.2, -0.15) is 0 Å². The van der Waals surface area contributed by atoms with Crippen LogP contribution in [0.5, 0.6) is 0 Å². The minimum atomic E-state index is 0.766. The van der Waals surface area contributed by atoms with E-state index in [1.807, 2.05) is 18.2 Å². The van der Waals surface area contributed by atoms with Crippen molar-refractivity contribution in [2.45, 2.75) is 20.8 Å². The van der Waals surface area contributed by atoms with E-state index in [1.165, 1.54) is 11.1 Å². The second kappa shape index (κ2) is 4.92. The highest BCUT2D eigenvalue weighted by Crippen LogP contribution is 2.30. The Morgan fingerprint density at radius 2 is 1.60 bits per heavy atom. The molecule has 2 heteroatoms. The summed E-state index contributed by atoms with van der Waals surface area (Å²) in [6.07, 6.45) is 0. The summed E-state index contributed by atoms with van der Waals surface area (Å²) in [4.78, 5) is 4.76. The van der Waals surface area contributed by atoms with E-state index in [1.54, 1.807) is 0 Å². The summed E-state index contributed by atoms with van der Waals surface area (Å²) in [6, 6.07) is 14.5. The van der Waals surface area contributed by atoms with Gasteiger partial charge in [-0.05, 0) is 50.6 Å². The average molecular weight is 282 g/mol. The molecule has 0 amide bonds. The average Bonchev–Trinajstić information content (AvgIpc) is 2.37. The molecule has 0 saturated heterocycles. The first-order valence-corrected chi connectivity index (χ1v) is 7.07. The first-order chi connectivity index (χ1) is 9.54. The second-order valence-corrected chi connectivity index (χ2v) is 5.74. The van der Waals surface area contributed by atoms with Crippen LogP contribution in [0, 0.1) is 20.8 Å². The van der Waals surface area contributed by atoms with Gasteiger partial charge in [0.1, 0.15) is 0 Å². The van der Waals surface area contributed by atoms with Gasteiger partial charge in [-0.3, -0.25) is 0 Å². The molecule has 0 bridgehead atoms. The number of hydrogen-bond donors (Lipinski definition) is 0. The van der Waals surface area contributed by atoms with Gasteiger partial charge in [-0.15, -0.1) is 0 Å². The number of hydrogen-bond acceptors (Lipinski definition) is 1. The fraction of sp³-hybridized carbons (Fsp3) is 0.167. The Balaban J connectivity index is 2.27. The Morgan fingerprint density at radius 1 is 0.900 bits per heavy atom. The number of rotatable bonds is 1. The minimum Gasteiger partial charge on any atom is -0.248 e. The molecule has 1 heterocycles.